The Morgan fingerprint density at radius 3 is 2.58 bits per heavy atom. The first-order valence-corrected chi connectivity index (χ1v) is 6.10. The van der Waals surface area contributed by atoms with Crippen LogP contribution in [0, 0.1) is 6.92 Å². The number of carbonyl (C=O) groups excluding carboxylic acids is 1. The van der Waals surface area contributed by atoms with Gasteiger partial charge in [-0.3, -0.25) is 4.79 Å². The van der Waals surface area contributed by atoms with Crippen molar-refractivity contribution in [3.8, 4) is 0 Å². The van der Waals surface area contributed by atoms with Crippen molar-refractivity contribution in [2.45, 2.75) is 18.0 Å². The summed E-state index contributed by atoms with van der Waals surface area (Å²) in [6, 6.07) is 4.86. The van der Waals surface area contributed by atoms with Crippen molar-refractivity contribution in [3.63, 3.8) is 0 Å². The fourth-order valence-corrected chi connectivity index (χ4v) is 1.98. The van der Waals surface area contributed by atoms with Crippen LogP contribution in [0.15, 0.2) is 23.1 Å². The Morgan fingerprint density at radius 2 is 2.05 bits per heavy atom. The molecule has 0 saturated heterocycles. The van der Waals surface area contributed by atoms with E-state index in [0.29, 0.717) is 22.3 Å². The minimum Gasteiger partial charge on any atom is -0.324 e. The lowest BCUT2D eigenvalue weighted by molar-refractivity contribution is -0.115. The van der Waals surface area contributed by atoms with Gasteiger partial charge in [0.25, 0.3) is 0 Å². The van der Waals surface area contributed by atoms with Gasteiger partial charge in [0.1, 0.15) is 0 Å². The number of hydrogen-bond donors (Lipinski definition) is 2. The monoisotopic (exact) mass is 314 g/mol. The summed E-state index contributed by atoms with van der Waals surface area (Å²) in [5.41, 5.74) is 6.36. The van der Waals surface area contributed by atoms with Crippen LogP contribution in [0.25, 0.3) is 0 Å². The third kappa shape index (κ3) is 6.70. The molecular formula is C11H14ClF3N2OS. The molecule has 0 heterocycles. The lowest BCUT2D eigenvalue weighted by atomic mass is 10.2. The lowest BCUT2D eigenvalue weighted by Crippen LogP contribution is -2.22. The molecule has 0 unspecified atom stereocenters. The molecule has 1 aromatic carbocycles. The molecule has 8 heteroatoms. The van der Waals surface area contributed by atoms with Crippen LogP contribution >= 0.6 is 24.2 Å². The van der Waals surface area contributed by atoms with Crippen LogP contribution in [0.2, 0.25) is 0 Å². The van der Waals surface area contributed by atoms with Crippen LogP contribution < -0.4 is 11.1 Å². The van der Waals surface area contributed by atoms with Crippen LogP contribution in [0.5, 0.6) is 0 Å². The molecule has 0 aromatic heterocycles. The van der Waals surface area contributed by atoms with Gasteiger partial charge in [-0.15, -0.1) is 24.2 Å². The van der Waals surface area contributed by atoms with Crippen molar-refractivity contribution in [1.82, 2.24) is 0 Å². The predicted octanol–water partition coefficient (Wildman–Crippen LogP) is 2.97. The Hall–Kier alpha value is -0.920. The van der Waals surface area contributed by atoms with Gasteiger partial charge in [0.15, 0.2) is 0 Å². The van der Waals surface area contributed by atoms with E-state index in [2.05, 4.69) is 5.32 Å². The van der Waals surface area contributed by atoms with Gasteiger partial charge in [-0.2, -0.15) is 13.2 Å². The van der Waals surface area contributed by atoms with E-state index in [4.69, 9.17) is 5.73 Å². The minimum atomic E-state index is -4.25. The van der Waals surface area contributed by atoms with Crippen LogP contribution in [0.4, 0.5) is 18.9 Å². The molecule has 1 amide bonds. The number of benzene rings is 1. The zero-order valence-electron chi connectivity index (χ0n) is 10.1. The number of aryl methyl sites for hydroxylation is 1. The average Bonchev–Trinajstić information content (AvgIpc) is 2.26. The molecule has 0 spiro atoms. The zero-order chi connectivity index (χ0) is 13.8. The van der Waals surface area contributed by atoms with Crippen LogP contribution in [0.3, 0.4) is 0 Å². The molecular weight excluding hydrogens is 301 g/mol. The smallest absolute Gasteiger partial charge is 0.324 e. The molecule has 0 bridgehead atoms. The number of hydrogen-bond acceptors (Lipinski definition) is 3. The Morgan fingerprint density at radius 1 is 1.42 bits per heavy atom. The highest BCUT2D eigenvalue weighted by atomic mass is 35.5. The summed E-state index contributed by atoms with van der Waals surface area (Å²) in [5, 5.41) is 2.49. The van der Waals surface area contributed by atoms with E-state index in [-0.39, 0.29) is 19.0 Å². The van der Waals surface area contributed by atoms with Crippen molar-refractivity contribution < 1.29 is 18.0 Å². The van der Waals surface area contributed by atoms with Crippen molar-refractivity contribution in [2.24, 2.45) is 5.73 Å². The molecule has 0 radical (unpaired) electrons. The van der Waals surface area contributed by atoms with E-state index in [9.17, 15) is 18.0 Å². The number of nitrogens with two attached hydrogens (primary N) is 1. The first kappa shape index (κ1) is 18.1. The molecule has 0 aliphatic heterocycles. The Labute approximate surface area is 119 Å². The van der Waals surface area contributed by atoms with Crippen LogP contribution in [-0.4, -0.2) is 24.4 Å². The number of rotatable bonds is 4. The number of carbonyl (C=O) groups is 1. The van der Waals surface area contributed by atoms with Gasteiger partial charge in [0, 0.05) is 4.90 Å². The molecule has 1 rings (SSSR count). The highest BCUT2D eigenvalue weighted by molar-refractivity contribution is 7.99. The number of anilines is 1. The largest absolute Gasteiger partial charge is 0.398 e. The molecule has 0 saturated carbocycles. The minimum absolute atomic E-state index is 0. The summed E-state index contributed by atoms with van der Waals surface area (Å²) in [6.45, 7) is 1.58. The second kappa shape index (κ2) is 7.62. The summed E-state index contributed by atoms with van der Waals surface area (Å²) in [4.78, 5) is 11.6. The van der Waals surface area contributed by atoms with Crippen molar-refractivity contribution in [2.75, 3.05) is 17.6 Å². The summed E-state index contributed by atoms with van der Waals surface area (Å²) in [5.74, 6) is -1.43. The summed E-state index contributed by atoms with van der Waals surface area (Å²) < 4.78 is 36.5. The number of thioether (sulfide) groups is 1. The van der Waals surface area contributed by atoms with E-state index >= 15 is 0 Å². The van der Waals surface area contributed by atoms with Gasteiger partial charge in [0.2, 0.25) is 5.91 Å². The standard InChI is InChI=1S/C11H13F3N2OS.ClH/c1-7-2-3-9(18-6-11(12,13)14)8(4-7)16-10(17)5-15;/h2-4H,5-6,15H2,1H3,(H,16,17);1H. The van der Waals surface area contributed by atoms with E-state index in [1.165, 1.54) is 0 Å². The van der Waals surface area contributed by atoms with E-state index < -0.39 is 17.8 Å². The van der Waals surface area contributed by atoms with Crippen molar-refractivity contribution in [1.29, 1.82) is 0 Å². The predicted molar refractivity (Wildman–Crippen MR) is 72.9 cm³/mol. The van der Waals surface area contributed by atoms with Gasteiger partial charge in [0.05, 0.1) is 18.0 Å². The molecule has 0 atom stereocenters. The molecule has 0 aliphatic carbocycles. The molecule has 108 valence electrons. The quantitative estimate of drug-likeness (QED) is 0.840. The average molecular weight is 315 g/mol. The molecule has 19 heavy (non-hydrogen) atoms. The Bertz CT molecular complexity index is 440. The normalized spacial score (nSPS) is 10.8. The van der Waals surface area contributed by atoms with Crippen molar-refractivity contribution in [3.05, 3.63) is 23.8 Å². The number of halogens is 4. The second-order valence-electron chi connectivity index (χ2n) is 3.66. The SMILES string of the molecule is Cc1ccc(SCC(F)(F)F)c(NC(=O)CN)c1.Cl. The number of alkyl halides is 3. The topological polar surface area (TPSA) is 55.1 Å². The lowest BCUT2D eigenvalue weighted by Gasteiger charge is -2.12. The highest BCUT2D eigenvalue weighted by Gasteiger charge is 2.27. The first-order chi connectivity index (χ1) is 8.31. The number of nitrogens with one attached hydrogen (secondary N) is 1. The fraction of sp³-hybridized carbons (Fsp3) is 0.364. The summed E-state index contributed by atoms with van der Waals surface area (Å²) >= 11 is 0.635. The van der Waals surface area contributed by atoms with Crippen LogP contribution in [-0.2, 0) is 4.79 Å². The summed E-state index contributed by atoms with van der Waals surface area (Å²) in [7, 11) is 0. The molecule has 0 fully saturated rings. The number of amides is 1. The van der Waals surface area contributed by atoms with Gasteiger partial charge in [-0.05, 0) is 24.6 Å². The van der Waals surface area contributed by atoms with Crippen LogP contribution in [0.1, 0.15) is 5.56 Å². The maximum atomic E-state index is 12.2. The van der Waals surface area contributed by atoms with E-state index in [0.717, 1.165) is 5.56 Å². The molecule has 3 nitrogen and oxygen atoms in total. The van der Waals surface area contributed by atoms with Gasteiger partial charge in [-0.25, -0.2) is 0 Å². The molecule has 3 N–H and O–H groups in total. The molecule has 0 aliphatic rings. The second-order valence-corrected chi connectivity index (χ2v) is 4.67. The first-order valence-electron chi connectivity index (χ1n) is 5.12. The maximum absolute atomic E-state index is 12.2. The third-order valence-corrected chi connectivity index (χ3v) is 3.12. The van der Waals surface area contributed by atoms with Gasteiger partial charge >= 0.3 is 6.18 Å². The molecule has 1 aromatic rings. The van der Waals surface area contributed by atoms with E-state index in [1.54, 1.807) is 25.1 Å². The zero-order valence-corrected chi connectivity index (χ0v) is 11.7. The van der Waals surface area contributed by atoms with Gasteiger partial charge < -0.3 is 11.1 Å². The Balaban J connectivity index is 0.00000324. The van der Waals surface area contributed by atoms with Crippen molar-refractivity contribution >= 4 is 35.8 Å². The van der Waals surface area contributed by atoms with E-state index in [1.807, 2.05) is 0 Å². The summed E-state index contributed by atoms with van der Waals surface area (Å²) in [6.07, 6.45) is -4.25. The Kier molecular flexibility index (Phi) is 7.25. The third-order valence-electron chi connectivity index (χ3n) is 1.99. The maximum Gasteiger partial charge on any atom is 0.398 e. The highest BCUT2D eigenvalue weighted by Crippen LogP contribution is 2.32. The fourth-order valence-electron chi connectivity index (χ4n) is 1.23. The van der Waals surface area contributed by atoms with Gasteiger partial charge in [-0.1, -0.05) is 6.07 Å².